The van der Waals surface area contributed by atoms with Gasteiger partial charge in [-0.3, -0.25) is 14.4 Å². The fourth-order valence-corrected chi connectivity index (χ4v) is 7.80. The number of nitrogens with zero attached hydrogens (tertiary/aromatic N) is 4. The highest BCUT2D eigenvalue weighted by molar-refractivity contribution is 5.98. The van der Waals surface area contributed by atoms with Crippen LogP contribution < -0.4 is 26.0 Å². The molecule has 1 aromatic heterocycles. The number of amides is 5. The van der Waals surface area contributed by atoms with Gasteiger partial charge < -0.3 is 40.7 Å². The number of carboxylic acid groups (broad SMARTS) is 1. The van der Waals surface area contributed by atoms with Crippen molar-refractivity contribution in [1.82, 2.24) is 41.5 Å². The predicted octanol–water partition coefficient (Wildman–Crippen LogP) is 5.72. The smallest absolute Gasteiger partial charge is 0.407 e. The lowest BCUT2D eigenvalue weighted by molar-refractivity contribution is -0.130. The van der Waals surface area contributed by atoms with E-state index >= 15 is 0 Å². The van der Waals surface area contributed by atoms with Crippen LogP contribution in [0.2, 0.25) is 0 Å². The zero-order chi connectivity index (χ0) is 43.7. The van der Waals surface area contributed by atoms with Crippen LogP contribution in [-0.2, 0) is 20.7 Å². The summed E-state index contributed by atoms with van der Waals surface area (Å²) in [6, 6.07) is 17.0. The third-order valence-corrected chi connectivity index (χ3v) is 11.1. The molecule has 17 heteroatoms. The van der Waals surface area contributed by atoms with Crippen molar-refractivity contribution < 1.29 is 38.6 Å². The van der Waals surface area contributed by atoms with Crippen LogP contribution in [0.4, 0.5) is 15.3 Å². The Morgan fingerprint density at radius 3 is 2.26 bits per heavy atom. The number of hydrogen-bond donors (Lipinski definition) is 6. The van der Waals surface area contributed by atoms with E-state index in [9.17, 15) is 29.1 Å². The molecule has 0 unspecified atom stereocenters. The van der Waals surface area contributed by atoms with E-state index in [1.165, 1.54) is 4.90 Å². The number of benzene rings is 3. The maximum atomic E-state index is 14.1. The lowest BCUT2D eigenvalue weighted by atomic mass is 9.81. The molecule has 0 bridgehead atoms. The number of hydrogen-bond acceptors (Lipinski definition) is 10. The summed E-state index contributed by atoms with van der Waals surface area (Å²) in [7, 11) is 1.58. The van der Waals surface area contributed by atoms with Gasteiger partial charge in [-0.05, 0) is 143 Å². The molecule has 0 radical (unpaired) electrons. The summed E-state index contributed by atoms with van der Waals surface area (Å²) in [6.07, 6.45) is 2.55. The Kier molecular flexibility index (Phi) is 14.2. The van der Waals surface area contributed by atoms with Gasteiger partial charge >= 0.3 is 12.2 Å². The van der Waals surface area contributed by atoms with Gasteiger partial charge in [0, 0.05) is 60.4 Å². The summed E-state index contributed by atoms with van der Waals surface area (Å²) in [5.41, 5.74) is 4.31. The molecule has 3 aromatic carbocycles. The largest absolute Gasteiger partial charge is 0.496 e. The van der Waals surface area contributed by atoms with Crippen molar-refractivity contribution in [1.29, 1.82) is 0 Å². The van der Waals surface area contributed by atoms with Gasteiger partial charge in [0.1, 0.15) is 17.4 Å². The number of rotatable bonds is 13. The van der Waals surface area contributed by atoms with E-state index in [1.54, 1.807) is 37.4 Å². The normalized spacial score (nSPS) is 17.4. The fourth-order valence-electron chi connectivity index (χ4n) is 7.80. The number of methoxy groups -OCH3 is 1. The van der Waals surface area contributed by atoms with E-state index in [1.807, 2.05) is 58.0 Å². The number of nitrogens with one attached hydrogen (secondary N) is 5. The van der Waals surface area contributed by atoms with Crippen molar-refractivity contribution >= 4 is 35.6 Å². The van der Waals surface area contributed by atoms with Crippen molar-refractivity contribution in [2.75, 3.05) is 32.1 Å². The lowest BCUT2D eigenvalue weighted by Gasteiger charge is -2.30. The number of likely N-dealkylation sites (tertiary alicyclic amines) is 1. The molecule has 324 valence electrons. The first-order chi connectivity index (χ1) is 29.1. The monoisotopic (exact) mass is 837 g/mol. The molecule has 17 nitrogen and oxygen atoms in total. The molecule has 2 fully saturated rings. The number of ether oxygens (including phenoxy) is 2. The Morgan fingerprint density at radius 2 is 1.64 bits per heavy atom. The van der Waals surface area contributed by atoms with E-state index in [4.69, 9.17) is 9.47 Å². The highest BCUT2D eigenvalue weighted by Crippen LogP contribution is 2.35. The van der Waals surface area contributed by atoms with Crippen LogP contribution in [0, 0.1) is 18.8 Å². The second-order valence-corrected chi connectivity index (χ2v) is 16.7. The SMILES string of the molecule is COc1ccc(C[C@H](NC(=O)C2CCC(CNC(=O)OC(C)(C)C)CC2)C(=O)Nc2ccc(-c3nn[nH]n3)cc2)cc1-c1ccc(C(=O)NC2CCN(C(=O)O)CC2)cc1C. The summed E-state index contributed by atoms with van der Waals surface area (Å²) in [5.74, 6) is 0.0785. The molecule has 1 saturated heterocycles. The lowest BCUT2D eigenvalue weighted by Crippen LogP contribution is -2.48. The Labute approximate surface area is 354 Å². The molecule has 4 aromatic rings. The van der Waals surface area contributed by atoms with Crippen LogP contribution in [0.5, 0.6) is 5.75 Å². The van der Waals surface area contributed by atoms with Crippen molar-refractivity contribution in [3.63, 3.8) is 0 Å². The first-order valence-corrected chi connectivity index (χ1v) is 20.6. The molecule has 1 aliphatic carbocycles. The van der Waals surface area contributed by atoms with Gasteiger partial charge in [0.05, 0.1) is 7.11 Å². The first-order valence-electron chi connectivity index (χ1n) is 20.6. The summed E-state index contributed by atoms with van der Waals surface area (Å²) >= 11 is 0. The van der Waals surface area contributed by atoms with Crippen LogP contribution in [-0.4, -0.2) is 105 Å². The van der Waals surface area contributed by atoms with E-state index in [2.05, 4.69) is 41.9 Å². The van der Waals surface area contributed by atoms with Crippen LogP contribution in [0.1, 0.15) is 80.8 Å². The molecular weight excluding hydrogens is 783 g/mol. The summed E-state index contributed by atoms with van der Waals surface area (Å²) in [6.45, 7) is 8.55. The Bertz CT molecular complexity index is 2170. The number of aryl methyl sites for hydroxylation is 1. The maximum absolute atomic E-state index is 14.1. The number of anilines is 1. The topological polar surface area (TPSA) is 230 Å². The minimum Gasteiger partial charge on any atom is -0.496 e. The average molecular weight is 838 g/mol. The van der Waals surface area contributed by atoms with E-state index in [0.717, 1.165) is 35.1 Å². The van der Waals surface area contributed by atoms with E-state index < -0.39 is 29.7 Å². The summed E-state index contributed by atoms with van der Waals surface area (Å²) < 4.78 is 11.1. The second-order valence-electron chi connectivity index (χ2n) is 16.7. The molecular formula is C44H55N9O8. The number of alkyl carbamates (subject to hydrolysis) is 1. The molecule has 6 N–H and O–H groups in total. The number of carbonyl (C=O) groups is 5. The summed E-state index contributed by atoms with van der Waals surface area (Å²) in [5, 5.41) is 35.2. The van der Waals surface area contributed by atoms with Crippen molar-refractivity contribution in [3.05, 3.63) is 77.4 Å². The molecule has 6 rings (SSSR count). The number of tetrazole rings is 1. The predicted molar refractivity (Wildman–Crippen MR) is 227 cm³/mol. The molecule has 5 amide bonds. The summed E-state index contributed by atoms with van der Waals surface area (Å²) in [4.78, 5) is 66.0. The highest BCUT2D eigenvalue weighted by atomic mass is 16.6. The standard InChI is InChI=1S/C44H55N9O8/c1-26-22-31(40(55)46-33-18-20-53(21-19-33)43(58)59)13-16-34(26)35-23-28(8-17-37(35)60-5)24-36(41(56)47-32-14-11-29(12-15-32)38-49-51-52-50-38)48-39(54)30-9-6-27(7-10-30)25-45-42(57)61-44(2,3)4/h8,11-17,22-23,27,30,33,36H,6-7,9-10,18-21,24-25H2,1-5H3,(H,45,57)(H,46,55)(H,47,56)(H,48,54)(H,58,59)(H,49,50,51,52)/t27?,30?,36-/m0/s1. The first kappa shape index (κ1) is 44.0. The van der Waals surface area contributed by atoms with Crippen LogP contribution in [0.3, 0.4) is 0 Å². The third-order valence-electron chi connectivity index (χ3n) is 11.1. The zero-order valence-electron chi connectivity index (χ0n) is 35.2. The Balaban J connectivity index is 1.16. The number of piperidine rings is 1. The molecule has 2 aliphatic rings. The second kappa shape index (κ2) is 19.7. The van der Waals surface area contributed by atoms with Gasteiger partial charge in [0.2, 0.25) is 17.6 Å². The quantitative estimate of drug-likeness (QED) is 0.0954. The van der Waals surface area contributed by atoms with Gasteiger partial charge in [0.25, 0.3) is 5.91 Å². The highest BCUT2D eigenvalue weighted by Gasteiger charge is 2.31. The Hall–Kier alpha value is -6.52. The zero-order valence-corrected chi connectivity index (χ0v) is 35.2. The molecule has 1 saturated carbocycles. The number of aromatic nitrogens is 4. The molecule has 0 spiro atoms. The van der Waals surface area contributed by atoms with Gasteiger partial charge in [-0.1, -0.05) is 12.1 Å². The minimum atomic E-state index is -0.954. The fraction of sp³-hybridized carbons (Fsp3) is 0.455. The van der Waals surface area contributed by atoms with Crippen LogP contribution in [0.15, 0.2) is 60.7 Å². The van der Waals surface area contributed by atoms with Gasteiger partial charge in [-0.15, -0.1) is 10.2 Å². The average Bonchev–Trinajstić information content (AvgIpc) is 3.78. The third kappa shape index (κ3) is 12.0. The van der Waals surface area contributed by atoms with Gasteiger partial charge in [-0.2, -0.15) is 5.21 Å². The van der Waals surface area contributed by atoms with Crippen molar-refractivity contribution in [3.8, 4) is 28.3 Å². The molecule has 2 heterocycles. The number of H-pyrrole nitrogens is 1. The van der Waals surface area contributed by atoms with Crippen LogP contribution >= 0.6 is 0 Å². The molecule has 61 heavy (non-hydrogen) atoms. The Morgan fingerprint density at radius 1 is 0.918 bits per heavy atom. The molecule has 1 aliphatic heterocycles. The van der Waals surface area contributed by atoms with Gasteiger partial charge in [0.15, 0.2) is 0 Å². The minimum absolute atomic E-state index is 0.121. The number of aromatic amines is 1. The molecule has 1 atom stereocenters. The van der Waals surface area contributed by atoms with E-state index in [0.29, 0.717) is 73.7 Å². The van der Waals surface area contributed by atoms with Crippen LogP contribution in [0.25, 0.3) is 22.5 Å². The van der Waals surface area contributed by atoms with Gasteiger partial charge in [-0.25, -0.2) is 9.59 Å². The number of carbonyl (C=O) groups excluding carboxylic acids is 4. The van der Waals surface area contributed by atoms with Crippen molar-refractivity contribution in [2.24, 2.45) is 11.8 Å². The maximum Gasteiger partial charge on any atom is 0.407 e. The van der Waals surface area contributed by atoms with E-state index in [-0.39, 0.29) is 36.1 Å². The van der Waals surface area contributed by atoms with Crippen molar-refractivity contribution in [2.45, 2.75) is 90.3 Å².